The number of hydrogen-bond donors (Lipinski definition) is 3. The van der Waals surface area contributed by atoms with Gasteiger partial charge in [0.2, 0.25) is 11.8 Å². The summed E-state index contributed by atoms with van der Waals surface area (Å²) in [6.07, 6.45) is 8.17. The van der Waals surface area contributed by atoms with Crippen molar-refractivity contribution in [3.8, 4) is 12.3 Å². The van der Waals surface area contributed by atoms with E-state index < -0.39 is 18.0 Å². The van der Waals surface area contributed by atoms with Crippen molar-refractivity contribution in [1.82, 2.24) is 20.6 Å². The Hall–Kier alpha value is -2.17. The fourth-order valence-electron chi connectivity index (χ4n) is 1.91. The molecule has 8 heteroatoms. The van der Waals surface area contributed by atoms with Crippen molar-refractivity contribution in [2.75, 3.05) is 0 Å². The van der Waals surface area contributed by atoms with Crippen molar-refractivity contribution in [2.24, 2.45) is 5.73 Å². The van der Waals surface area contributed by atoms with Gasteiger partial charge in [0.15, 0.2) is 0 Å². The molecule has 0 bridgehead atoms. The highest BCUT2D eigenvalue weighted by molar-refractivity contribution is 5.86. The molecule has 2 rings (SSSR count). The van der Waals surface area contributed by atoms with Crippen molar-refractivity contribution >= 4 is 24.2 Å². The summed E-state index contributed by atoms with van der Waals surface area (Å²) in [6.45, 7) is 0.493. The lowest BCUT2D eigenvalue weighted by atomic mass is 10.1. The number of nitrogens with two attached hydrogens (primary N) is 1. The second kappa shape index (κ2) is 6.84. The molecule has 0 saturated heterocycles. The predicted molar refractivity (Wildman–Crippen MR) is 73.4 cm³/mol. The number of fused-ring (bicyclic) bond motifs is 1. The van der Waals surface area contributed by atoms with Crippen molar-refractivity contribution in [1.29, 1.82) is 0 Å². The lowest BCUT2D eigenvalue weighted by molar-refractivity contribution is -0.123. The van der Waals surface area contributed by atoms with Gasteiger partial charge in [-0.15, -0.1) is 18.8 Å². The molecule has 1 unspecified atom stereocenters. The Bertz CT molecular complexity index is 557. The normalized spacial score (nSPS) is 17.2. The number of amides is 2. The summed E-state index contributed by atoms with van der Waals surface area (Å²) >= 11 is 0. The van der Waals surface area contributed by atoms with E-state index in [1.807, 2.05) is 0 Å². The first-order valence-electron chi connectivity index (χ1n) is 5.68. The largest absolute Gasteiger partial charge is 0.370 e. The molecule has 2 amide bonds. The van der Waals surface area contributed by atoms with Gasteiger partial charge in [0.1, 0.15) is 12.4 Å². The number of primary amides is 1. The molecule has 7 nitrogen and oxygen atoms in total. The van der Waals surface area contributed by atoms with Crippen LogP contribution in [0.15, 0.2) is 12.5 Å². The van der Waals surface area contributed by atoms with Crippen molar-refractivity contribution in [3.63, 3.8) is 0 Å². The van der Waals surface area contributed by atoms with E-state index in [4.69, 9.17) is 12.2 Å². The highest BCUT2D eigenvalue weighted by Gasteiger charge is 2.30. The Morgan fingerprint density at radius 2 is 2.40 bits per heavy atom. The van der Waals surface area contributed by atoms with Crippen LogP contribution in [0.1, 0.15) is 23.7 Å². The summed E-state index contributed by atoms with van der Waals surface area (Å²) < 4.78 is 0. The smallest absolute Gasteiger partial charge is 0.242 e. The van der Waals surface area contributed by atoms with Crippen LogP contribution < -0.4 is 16.4 Å². The number of aromatic nitrogens is 2. The SMILES string of the molecule is C#C[C@H](CC(N)=O)NC(=O)C1NCc2ncncc21.Cl. The molecule has 20 heavy (non-hydrogen) atoms. The van der Waals surface area contributed by atoms with E-state index >= 15 is 0 Å². The molecule has 2 heterocycles. The van der Waals surface area contributed by atoms with Gasteiger partial charge in [-0.1, -0.05) is 5.92 Å². The molecule has 0 spiro atoms. The molecule has 1 aliphatic heterocycles. The Morgan fingerprint density at radius 1 is 1.65 bits per heavy atom. The Kier molecular flexibility index (Phi) is 5.43. The van der Waals surface area contributed by atoms with Gasteiger partial charge in [-0.05, 0) is 0 Å². The number of carbonyl (C=O) groups excluding carboxylic acids is 2. The predicted octanol–water partition coefficient (Wildman–Crippen LogP) is -0.964. The molecule has 0 aliphatic carbocycles. The second-order valence-electron chi connectivity index (χ2n) is 4.14. The highest BCUT2D eigenvalue weighted by Crippen LogP contribution is 2.22. The topological polar surface area (TPSA) is 110 Å². The minimum absolute atomic E-state index is 0. The summed E-state index contributed by atoms with van der Waals surface area (Å²) in [6, 6.07) is -1.26. The Labute approximate surface area is 122 Å². The van der Waals surface area contributed by atoms with Crippen molar-refractivity contribution < 1.29 is 9.59 Å². The molecule has 2 atom stereocenters. The molecule has 1 aromatic heterocycles. The van der Waals surface area contributed by atoms with Crippen LogP contribution in [-0.2, 0) is 16.1 Å². The van der Waals surface area contributed by atoms with Crippen molar-refractivity contribution in [2.45, 2.75) is 25.0 Å². The number of hydrogen-bond acceptors (Lipinski definition) is 5. The third-order valence-electron chi connectivity index (χ3n) is 2.80. The van der Waals surface area contributed by atoms with Gasteiger partial charge in [0, 0.05) is 18.3 Å². The maximum absolute atomic E-state index is 12.1. The van der Waals surface area contributed by atoms with E-state index in [0.29, 0.717) is 6.54 Å². The zero-order valence-electron chi connectivity index (χ0n) is 10.5. The molecular weight excluding hydrogens is 282 g/mol. The third-order valence-corrected chi connectivity index (χ3v) is 2.80. The summed E-state index contributed by atoms with van der Waals surface area (Å²) in [7, 11) is 0. The average molecular weight is 296 g/mol. The molecule has 1 aromatic rings. The fraction of sp³-hybridized carbons (Fsp3) is 0.333. The van der Waals surface area contributed by atoms with E-state index in [1.54, 1.807) is 6.20 Å². The lowest BCUT2D eigenvalue weighted by Gasteiger charge is -2.15. The summed E-state index contributed by atoms with van der Waals surface area (Å²) in [5, 5.41) is 5.59. The van der Waals surface area contributed by atoms with E-state index in [0.717, 1.165) is 11.3 Å². The zero-order valence-corrected chi connectivity index (χ0v) is 11.3. The number of nitrogens with zero attached hydrogens (tertiary/aromatic N) is 2. The zero-order chi connectivity index (χ0) is 13.8. The highest BCUT2D eigenvalue weighted by atomic mass is 35.5. The molecule has 0 saturated carbocycles. The number of terminal acetylenes is 1. The van der Waals surface area contributed by atoms with Crippen LogP contribution in [0.5, 0.6) is 0 Å². The van der Waals surface area contributed by atoms with E-state index in [-0.39, 0.29) is 24.7 Å². The van der Waals surface area contributed by atoms with Gasteiger partial charge < -0.3 is 11.1 Å². The van der Waals surface area contributed by atoms with Crippen LogP contribution in [0.2, 0.25) is 0 Å². The molecule has 0 fully saturated rings. The van der Waals surface area contributed by atoms with Crippen LogP contribution >= 0.6 is 12.4 Å². The number of nitrogens with one attached hydrogen (secondary N) is 2. The summed E-state index contributed by atoms with van der Waals surface area (Å²) in [4.78, 5) is 30.9. The van der Waals surface area contributed by atoms with E-state index in [9.17, 15) is 9.59 Å². The van der Waals surface area contributed by atoms with Crippen molar-refractivity contribution in [3.05, 3.63) is 23.8 Å². The van der Waals surface area contributed by atoms with Gasteiger partial charge >= 0.3 is 0 Å². The van der Waals surface area contributed by atoms with Gasteiger partial charge in [0.05, 0.1) is 18.2 Å². The maximum atomic E-state index is 12.1. The minimum Gasteiger partial charge on any atom is -0.370 e. The van der Waals surface area contributed by atoms with Crippen LogP contribution in [0, 0.1) is 12.3 Å². The van der Waals surface area contributed by atoms with Gasteiger partial charge in [-0.2, -0.15) is 0 Å². The molecule has 106 valence electrons. The maximum Gasteiger partial charge on any atom is 0.242 e. The standard InChI is InChI=1S/C12H13N5O2.ClH/c1-2-7(3-10(13)18)17-12(19)11-8-4-14-6-16-9(8)5-15-11;/h1,4,6-7,11,15H,3,5H2,(H2,13,18)(H,17,19);1H/t7-,11?;/m1./s1. The first-order chi connectivity index (χ1) is 9.11. The first-order valence-corrected chi connectivity index (χ1v) is 5.68. The third kappa shape index (κ3) is 3.44. The quantitative estimate of drug-likeness (QED) is 0.620. The van der Waals surface area contributed by atoms with Crippen LogP contribution in [0.3, 0.4) is 0 Å². The first kappa shape index (κ1) is 15.9. The van der Waals surface area contributed by atoms with Gasteiger partial charge in [-0.3, -0.25) is 14.9 Å². The van der Waals surface area contributed by atoms with Crippen LogP contribution in [0.4, 0.5) is 0 Å². The molecule has 0 radical (unpaired) electrons. The Balaban J connectivity index is 0.00000200. The second-order valence-corrected chi connectivity index (χ2v) is 4.14. The molecule has 1 aliphatic rings. The minimum atomic E-state index is -0.708. The molecular formula is C12H14ClN5O2. The van der Waals surface area contributed by atoms with Crippen LogP contribution in [0.25, 0.3) is 0 Å². The van der Waals surface area contributed by atoms with Gasteiger partial charge in [-0.25, -0.2) is 9.97 Å². The monoisotopic (exact) mass is 295 g/mol. The summed E-state index contributed by atoms with van der Waals surface area (Å²) in [5.41, 5.74) is 6.55. The fourth-order valence-corrected chi connectivity index (χ4v) is 1.91. The number of halogens is 1. The van der Waals surface area contributed by atoms with Gasteiger partial charge in [0.25, 0.3) is 0 Å². The summed E-state index contributed by atoms with van der Waals surface area (Å²) in [5.74, 6) is 1.43. The van der Waals surface area contributed by atoms with E-state index in [2.05, 4.69) is 26.5 Å². The molecule has 0 aromatic carbocycles. The number of carbonyl (C=O) groups is 2. The lowest BCUT2D eigenvalue weighted by Crippen LogP contribution is -2.41. The molecule has 4 N–H and O–H groups in total. The Morgan fingerprint density at radius 3 is 3.05 bits per heavy atom. The van der Waals surface area contributed by atoms with E-state index in [1.165, 1.54) is 6.33 Å². The average Bonchev–Trinajstić information content (AvgIpc) is 2.81. The van der Waals surface area contributed by atoms with Crippen LogP contribution in [-0.4, -0.2) is 27.8 Å². The number of rotatable bonds is 4.